The highest BCUT2D eigenvalue weighted by Crippen LogP contribution is 2.21. The molecule has 0 unspecified atom stereocenters. The van der Waals surface area contributed by atoms with Crippen LogP contribution in [0.4, 0.5) is 0 Å². The van der Waals surface area contributed by atoms with Crippen molar-refractivity contribution in [1.82, 2.24) is 4.90 Å². The molecular weight excluding hydrogens is 246 g/mol. The van der Waals surface area contributed by atoms with E-state index in [2.05, 4.69) is 0 Å². The van der Waals surface area contributed by atoms with Crippen molar-refractivity contribution in [3.8, 4) is 0 Å². The molecule has 2 rings (SSSR count). The van der Waals surface area contributed by atoms with Crippen molar-refractivity contribution in [3.63, 3.8) is 0 Å². The quantitative estimate of drug-likeness (QED) is 0.466. The van der Waals surface area contributed by atoms with Crippen LogP contribution in [-0.2, 0) is 9.53 Å². The zero-order valence-electron chi connectivity index (χ0n) is 10.5. The molecule has 0 spiro atoms. The fraction of sp³-hybridized carbons (Fsp3) is 0.214. The first-order valence-corrected chi connectivity index (χ1v) is 5.90. The lowest BCUT2D eigenvalue weighted by Gasteiger charge is -2.13. The minimum Gasteiger partial charge on any atom is -0.461 e. The van der Waals surface area contributed by atoms with Gasteiger partial charge in [-0.3, -0.25) is 14.5 Å². The zero-order valence-corrected chi connectivity index (χ0v) is 10.5. The Hall–Kier alpha value is -2.43. The maximum atomic E-state index is 12.0. The van der Waals surface area contributed by atoms with Crippen LogP contribution in [0.1, 0.15) is 27.6 Å². The number of allylic oxidation sites excluding steroid dienone is 1. The molecule has 2 amide bonds. The van der Waals surface area contributed by atoms with Gasteiger partial charge in [-0.2, -0.15) is 0 Å². The second-order valence-corrected chi connectivity index (χ2v) is 3.98. The molecule has 1 aromatic carbocycles. The van der Waals surface area contributed by atoms with E-state index in [-0.39, 0.29) is 25.0 Å². The third-order valence-corrected chi connectivity index (χ3v) is 2.74. The number of nitrogens with zero attached hydrogens (tertiary/aromatic N) is 1. The van der Waals surface area contributed by atoms with Gasteiger partial charge in [0.2, 0.25) is 0 Å². The number of carbonyl (C=O) groups excluding carboxylic acids is 3. The first-order chi connectivity index (χ1) is 9.15. The molecule has 0 aliphatic carbocycles. The monoisotopic (exact) mass is 259 g/mol. The van der Waals surface area contributed by atoms with Gasteiger partial charge in [-0.25, -0.2) is 4.79 Å². The summed E-state index contributed by atoms with van der Waals surface area (Å²) in [5.74, 6) is -1.18. The average Bonchev–Trinajstić information content (AvgIpc) is 2.65. The lowest BCUT2D eigenvalue weighted by Crippen LogP contribution is -2.33. The second kappa shape index (κ2) is 5.48. The third-order valence-electron chi connectivity index (χ3n) is 2.74. The minimum atomic E-state index is -0.487. The second-order valence-electron chi connectivity index (χ2n) is 3.98. The van der Waals surface area contributed by atoms with Crippen molar-refractivity contribution < 1.29 is 19.1 Å². The fourth-order valence-electron chi connectivity index (χ4n) is 1.86. The van der Waals surface area contributed by atoms with E-state index < -0.39 is 5.97 Å². The van der Waals surface area contributed by atoms with Crippen molar-refractivity contribution in [2.45, 2.75) is 6.92 Å². The van der Waals surface area contributed by atoms with Crippen molar-refractivity contribution in [2.75, 3.05) is 13.2 Å². The predicted molar refractivity (Wildman–Crippen MR) is 67.6 cm³/mol. The number of rotatable bonds is 4. The Labute approximate surface area is 110 Å². The van der Waals surface area contributed by atoms with Crippen LogP contribution in [-0.4, -0.2) is 35.8 Å². The highest BCUT2D eigenvalue weighted by atomic mass is 16.5. The number of imide groups is 1. The number of amides is 2. The van der Waals surface area contributed by atoms with Crippen LogP contribution in [0, 0.1) is 0 Å². The normalized spacial score (nSPS) is 14.1. The van der Waals surface area contributed by atoms with E-state index in [0.29, 0.717) is 11.1 Å². The number of benzene rings is 1. The molecule has 0 atom stereocenters. The average molecular weight is 259 g/mol. The molecule has 0 radical (unpaired) electrons. The summed E-state index contributed by atoms with van der Waals surface area (Å²) in [5, 5.41) is 0. The smallest absolute Gasteiger partial charge is 0.330 e. The van der Waals surface area contributed by atoms with Crippen LogP contribution in [0.5, 0.6) is 0 Å². The van der Waals surface area contributed by atoms with Crippen molar-refractivity contribution in [3.05, 3.63) is 47.5 Å². The van der Waals surface area contributed by atoms with E-state index >= 15 is 0 Å². The van der Waals surface area contributed by atoms with Crippen LogP contribution < -0.4 is 0 Å². The number of fused-ring (bicyclic) bond motifs is 1. The molecule has 0 bridgehead atoms. The summed E-state index contributed by atoms with van der Waals surface area (Å²) in [7, 11) is 0. The molecule has 0 aromatic heterocycles. The number of hydrogen-bond donors (Lipinski definition) is 0. The highest BCUT2D eigenvalue weighted by molar-refractivity contribution is 6.21. The first-order valence-electron chi connectivity index (χ1n) is 5.90. The number of carbonyl (C=O) groups is 3. The summed E-state index contributed by atoms with van der Waals surface area (Å²) in [6.45, 7) is 1.76. The summed E-state index contributed by atoms with van der Waals surface area (Å²) in [6, 6.07) is 6.64. The standard InChI is InChI=1S/C14H13NO4/c1-2-5-12(16)19-9-8-15-13(17)10-6-3-4-7-11(10)14(15)18/h2-7H,8-9H2,1H3/b5-2+. The van der Waals surface area contributed by atoms with Crippen LogP contribution in [0.2, 0.25) is 0 Å². The Bertz CT molecular complexity index is 527. The van der Waals surface area contributed by atoms with Crippen LogP contribution >= 0.6 is 0 Å². The van der Waals surface area contributed by atoms with Gasteiger partial charge in [0, 0.05) is 6.08 Å². The van der Waals surface area contributed by atoms with Crippen molar-refractivity contribution in [1.29, 1.82) is 0 Å². The van der Waals surface area contributed by atoms with E-state index in [4.69, 9.17) is 4.74 Å². The van der Waals surface area contributed by atoms with Gasteiger partial charge in [-0.1, -0.05) is 18.2 Å². The Morgan fingerprint density at radius 1 is 1.21 bits per heavy atom. The number of ether oxygens (including phenoxy) is 1. The van der Waals surface area contributed by atoms with Gasteiger partial charge in [0.15, 0.2) is 0 Å². The molecule has 1 aliphatic rings. The van der Waals surface area contributed by atoms with Gasteiger partial charge >= 0.3 is 5.97 Å². The van der Waals surface area contributed by atoms with Crippen LogP contribution in [0.15, 0.2) is 36.4 Å². The van der Waals surface area contributed by atoms with Crippen molar-refractivity contribution in [2.24, 2.45) is 0 Å². The first kappa shape index (κ1) is 13.0. The number of esters is 1. The van der Waals surface area contributed by atoms with E-state index in [1.165, 1.54) is 6.08 Å². The molecule has 0 saturated carbocycles. The Balaban J connectivity index is 1.99. The molecule has 5 heteroatoms. The maximum Gasteiger partial charge on any atom is 0.330 e. The highest BCUT2D eigenvalue weighted by Gasteiger charge is 2.34. The lowest BCUT2D eigenvalue weighted by atomic mass is 10.1. The van der Waals surface area contributed by atoms with E-state index in [0.717, 1.165) is 4.90 Å². The predicted octanol–water partition coefficient (Wildman–Crippen LogP) is 1.40. The van der Waals surface area contributed by atoms with Gasteiger partial charge in [-0.15, -0.1) is 0 Å². The van der Waals surface area contributed by atoms with Gasteiger partial charge in [0.25, 0.3) is 11.8 Å². The molecule has 98 valence electrons. The summed E-state index contributed by atoms with van der Waals surface area (Å²) in [4.78, 5) is 36.1. The molecule has 1 aliphatic heterocycles. The topological polar surface area (TPSA) is 63.7 Å². The lowest BCUT2D eigenvalue weighted by molar-refractivity contribution is -0.137. The summed E-state index contributed by atoms with van der Waals surface area (Å²) >= 11 is 0. The molecule has 0 saturated heterocycles. The Morgan fingerprint density at radius 3 is 2.32 bits per heavy atom. The molecule has 1 aromatic rings. The van der Waals surface area contributed by atoms with Gasteiger partial charge in [0.05, 0.1) is 17.7 Å². The van der Waals surface area contributed by atoms with E-state index in [1.54, 1.807) is 37.3 Å². The Kier molecular flexibility index (Phi) is 3.75. The summed E-state index contributed by atoms with van der Waals surface area (Å²) in [6.07, 6.45) is 2.84. The minimum absolute atomic E-state index is 0.00532. The number of hydrogen-bond acceptors (Lipinski definition) is 4. The van der Waals surface area contributed by atoms with E-state index in [9.17, 15) is 14.4 Å². The summed E-state index contributed by atoms with van der Waals surface area (Å²) < 4.78 is 4.87. The van der Waals surface area contributed by atoms with Gasteiger partial charge in [-0.05, 0) is 19.1 Å². The van der Waals surface area contributed by atoms with Gasteiger partial charge < -0.3 is 4.74 Å². The van der Waals surface area contributed by atoms with E-state index in [1.807, 2.05) is 0 Å². The molecular formula is C14H13NO4. The zero-order chi connectivity index (χ0) is 13.8. The SMILES string of the molecule is C/C=C/C(=O)OCCN1C(=O)c2ccccc2C1=O. The third kappa shape index (κ3) is 2.54. The Morgan fingerprint density at radius 2 is 1.79 bits per heavy atom. The molecule has 0 fully saturated rings. The van der Waals surface area contributed by atoms with Crippen LogP contribution in [0.25, 0.3) is 0 Å². The summed E-state index contributed by atoms with van der Waals surface area (Å²) in [5.41, 5.74) is 0.791. The molecule has 19 heavy (non-hydrogen) atoms. The largest absolute Gasteiger partial charge is 0.461 e. The maximum absolute atomic E-state index is 12.0. The molecule has 1 heterocycles. The van der Waals surface area contributed by atoms with Gasteiger partial charge in [0.1, 0.15) is 6.61 Å². The molecule has 5 nitrogen and oxygen atoms in total. The van der Waals surface area contributed by atoms with Crippen molar-refractivity contribution >= 4 is 17.8 Å². The molecule has 0 N–H and O–H groups in total. The van der Waals surface area contributed by atoms with Crippen LogP contribution in [0.3, 0.4) is 0 Å². The fourth-order valence-corrected chi connectivity index (χ4v) is 1.86.